The van der Waals surface area contributed by atoms with Crippen molar-refractivity contribution < 1.29 is 32.3 Å². The molecule has 0 aliphatic carbocycles. The van der Waals surface area contributed by atoms with Gasteiger partial charge in [0.1, 0.15) is 0 Å². The van der Waals surface area contributed by atoms with Crippen molar-refractivity contribution in [1.82, 2.24) is 0 Å². The van der Waals surface area contributed by atoms with E-state index in [2.05, 4.69) is 5.32 Å². The van der Waals surface area contributed by atoms with Gasteiger partial charge in [0, 0.05) is 18.5 Å². The number of sulfonamides is 1. The maximum atomic E-state index is 12.2. The van der Waals surface area contributed by atoms with E-state index in [0.29, 0.717) is 0 Å². The third kappa shape index (κ3) is 4.88. The number of nitrogens with two attached hydrogens (primary N) is 1. The van der Waals surface area contributed by atoms with E-state index in [4.69, 9.17) is 9.88 Å². The van der Waals surface area contributed by atoms with Crippen LogP contribution in [0.5, 0.6) is 0 Å². The lowest BCUT2D eigenvalue weighted by atomic mass is 10.2. The molecule has 0 bridgehead atoms. The monoisotopic (exact) mass is 431 g/mol. The highest BCUT2D eigenvalue weighted by atomic mass is 32.2. The van der Waals surface area contributed by atoms with Crippen molar-refractivity contribution in [2.24, 2.45) is 5.14 Å². The molecule has 0 unspecified atom stereocenters. The van der Waals surface area contributed by atoms with Crippen molar-refractivity contribution >= 4 is 45.1 Å². The molecule has 11 heteroatoms. The third-order valence-corrected chi connectivity index (χ3v) is 5.12. The van der Waals surface area contributed by atoms with Crippen LogP contribution in [0.4, 0.5) is 11.4 Å². The van der Waals surface area contributed by atoms with Crippen LogP contribution in [-0.4, -0.2) is 38.7 Å². The van der Waals surface area contributed by atoms with E-state index in [-0.39, 0.29) is 46.5 Å². The van der Waals surface area contributed by atoms with Gasteiger partial charge in [0.2, 0.25) is 21.8 Å². The lowest BCUT2D eigenvalue weighted by Crippen LogP contribution is -2.28. The van der Waals surface area contributed by atoms with E-state index in [1.807, 2.05) is 0 Å². The summed E-state index contributed by atoms with van der Waals surface area (Å²) in [5.41, 5.74) is 0.623. The van der Waals surface area contributed by atoms with Gasteiger partial charge in [-0.25, -0.2) is 18.4 Å². The molecular weight excluding hydrogens is 414 g/mol. The minimum absolute atomic E-state index is 0.0744. The predicted octanol–water partition coefficient (Wildman–Crippen LogP) is 0.783. The number of amides is 3. The summed E-state index contributed by atoms with van der Waals surface area (Å²) < 4.78 is 27.4. The van der Waals surface area contributed by atoms with Crippen LogP contribution in [0.2, 0.25) is 0 Å². The Labute approximate surface area is 171 Å². The summed E-state index contributed by atoms with van der Waals surface area (Å²) in [4.78, 5) is 48.7. The Morgan fingerprint density at radius 2 is 1.67 bits per heavy atom. The summed E-state index contributed by atoms with van der Waals surface area (Å²) in [6.45, 7) is -0.596. The van der Waals surface area contributed by atoms with E-state index in [9.17, 15) is 27.6 Å². The van der Waals surface area contributed by atoms with Gasteiger partial charge < -0.3 is 10.1 Å². The molecule has 1 aliphatic rings. The number of nitrogens with zero attached hydrogens (tertiary/aromatic N) is 1. The number of hydrogen-bond donors (Lipinski definition) is 2. The number of primary sulfonamides is 1. The first-order valence-electron chi connectivity index (χ1n) is 8.71. The van der Waals surface area contributed by atoms with E-state index in [1.54, 1.807) is 0 Å². The molecule has 156 valence electrons. The molecule has 0 saturated carbocycles. The molecule has 3 amide bonds. The van der Waals surface area contributed by atoms with Gasteiger partial charge in [-0.2, -0.15) is 0 Å². The number of rotatable bonds is 6. The quantitative estimate of drug-likeness (QED) is 0.506. The van der Waals surface area contributed by atoms with Crippen molar-refractivity contribution in [2.45, 2.75) is 17.7 Å². The Bertz CT molecular complexity index is 1110. The molecule has 30 heavy (non-hydrogen) atoms. The van der Waals surface area contributed by atoms with Gasteiger partial charge >= 0.3 is 5.97 Å². The first-order valence-corrected chi connectivity index (χ1v) is 10.3. The minimum atomic E-state index is -3.84. The molecule has 2 aromatic carbocycles. The number of hydrogen-bond acceptors (Lipinski definition) is 7. The zero-order valence-corrected chi connectivity index (χ0v) is 16.3. The van der Waals surface area contributed by atoms with Crippen molar-refractivity contribution in [1.29, 1.82) is 0 Å². The van der Waals surface area contributed by atoms with Crippen LogP contribution in [0.1, 0.15) is 23.2 Å². The molecule has 2 aromatic rings. The topological polar surface area (TPSA) is 153 Å². The number of esters is 1. The van der Waals surface area contributed by atoms with Gasteiger partial charge in [0.15, 0.2) is 6.61 Å². The predicted molar refractivity (Wildman–Crippen MR) is 105 cm³/mol. The van der Waals surface area contributed by atoms with Crippen LogP contribution in [-0.2, 0) is 29.1 Å². The number of benzene rings is 2. The zero-order chi connectivity index (χ0) is 21.9. The normalized spacial score (nSPS) is 14.0. The van der Waals surface area contributed by atoms with E-state index in [0.717, 1.165) is 4.90 Å². The van der Waals surface area contributed by atoms with Gasteiger partial charge in [-0.1, -0.05) is 6.07 Å². The van der Waals surface area contributed by atoms with Crippen molar-refractivity contribution in [3.8, 4) is 0 Å². The average molecular weight is 431 g/mol. The number of nitrogens with one attached hydrogen (secondary N) is 1. The Morgan fingerprint density at radius 1 is 1.03 bits per heavy atom. The number of carbonyl (C=O) groups is 4. The van der Waals surface area contributed by atoms with Crippen LogP contribution in [0.25, 0.3) is 0 Å². The average Bonchev–Trinajstić information content (AvgIpc) is 3.04. The maximum absolute atomic E-state index is 12.2. The van der Waals surface area contributed by atoms with Gasteiger partial charge in [0.25, 0.3) is 5.91 Å². The first-order chi connectivity index (χ1) is 14.1. The number of imide groups is 1. The standard InChI is InChI=1S/C19H17N3O7S/c20-30(27,28)15-6-4-13(5-7-15)21-16(23)11-29-19(26)12-2-1-3-14(10-12)22-17(24)8-9-18(22)25/h1-7,10H,8-9,11H2,(H,21,23)(H2,20,27,28). The minimum Gasteiger partial charge on any atom is -0.452 e. The number of anilines is 2. The molecule has 0 aromatic heterocycles. The molecule has 0 spiro atoms. The second-order valence-electron chi connectivity index (χ2n) is 6.37. The Kier molecular flexibility index (Phi) is 5.94. The molecule has 1 aliphatic heterocycles. The van der Waals surface area contributed by atoms with Gasteiger partial charge in [0.05, 0.1) is 16.1 Å². The summed E-state index contributed by atoms with van der Waals surface area (Å²) in [6, 6.07) is 10.9. The Morgan fingerprint density at radius 3 is 2.27 bits per heavy atom. The van der Waals surface area contributed by atoms with Crippen LogP contribution < -0.4 is 15.4 Å². The summed E-state index contributed by atoms with van der Waals surface area (Å²) in [5, 5.41) is 7.44. The van der Waals surface area contributed by atoms with Crippen molar-refractivity contribution in [2.75, 3.05) is 16.8 Å². The molecule has 1 heterocycles. The van der Waals surface area contributed by atoms with Crippen molar-refractivity contribution in [3.05, 3.63) is 54.1 Å². The lowest BCUT2D eigenvalue weighted by Gasteiger charge is -2.14. The molecule has 0 atom stereocenters. The molecule has 1 fully saturated rings. The zero-order valence-electron chi connectivity index (χ0n) is 15.5. The fourth-order valence-corrected chi connectivity index (χ4v) is 3.29. The van der Waals surface area contributed by atoms with E-state index >= 15 is 0 Å². The number of ether oxygens (including phenoxy) is 1. The molecule has 10 nitrogen and oxygen atoms in total. The summed E-state index contributed by atoms with van der Waals surface area (Å²) in [6.07, 6.45) is 0.234. The summed E-state index contributed by atoms with van der Waals surface area (Å²) in [7, 11) is -3.84. The number of carbonyl (C=O) groups excluding carboxylic acids is 4. The highest BCUT2D eigenvalue weighted by Gasteiger charge is 2.30. The smallest absolute Gasteiger partial charge is 0.338 e. The van der Waals surface area contributed by atoms with Gasteiger partial charge in [-0.15, -0.1) is 0 Å². The molecule has 3 rings (SSSR count). The SMILES string of the molecule is NS(=O)(=O)c1ccc(NC(=O)COC(=O)c2cccc(N3C(=O)CCC3=O)c2)cc1. The summed E-state index contributed by atoms with van der Waals surface area (Å²) >= 11 is 0. The van der Waals surface area contributed by atoms with Crippen molar-refractivity contribution in [3.63, 3.8) is 0 Å². The highest BCUT2D eigenvalue weighted by molar-refractivity contribution is 7.89. The fourth-order valence-electron chi connectivity index (χ4n) is 2.78. The van der Waals surface area contributed by atoms with Gasteiger partial charge in [-0.05, 0) is 42.5 Å². The maximum Gasteiger partial charge on any atom is 0.338 e. The van der Waals surface area contributed by atoms with Crippen LogP contribution >= 0.6 is 0 Å². The van der Waals surface area contributed by atoms with E-state index < -0.39 is 28.5 Å². The first kappa shape index (κ1) is 21.1. The van der Waals surface area contributed by atoms with Crippen LogP contribution in [0, 0.1) is 0 Å². The van der Waals surface area contributed by atoms with Crippen LogP contribution in [0.3, 0.4) is 0 Å². The largest absolute Gasteiger partial charge is 0.452 e. The molecule has 1 saturated heterocycles. The molecule has 3 N–H and O–H groups in total. The summed E-state index contributed by atoms with van der Waals surface area (Å²) in [5.74, 6) is -2.15. The fraction of sp³-hybridized carbons (Fsp3) is 0.158. The lowest BCUT2D eigenvalue weighted by molar-refractivity contribution is -0.121. The molecule has 0 radical (unpaired) electrons. The van der Waals surface area contributed by atoms with Gasteiger partial charge in [-0.3, -0.25) is 19.3 Å². The second kappa shape index (κ2) is 8.43. The second-order valence-corrected chi connectivity index (χ2v) is 7.93. The third-order valence-electron chi connectivity index (χ3n) is 4.19. The Balaban J connectivity index is 1.59. The van der Waals surface area contributed by atoms with E-state index in [1.165, 1.54) is 48.5 Å². The molecular formula is C19H17N3O7S. The van der Waals surface area contributed by atoms with Crippen LogP contribution in [0.15, 0.2) is 53.4 Å². The highest BCUT2D eigenvalue weighted by Crippen LogP contribution is 2.23. The Hall–Kier alpha value is -3.57.